The van der Waals surface area contributed by atoms with Gasteiger partial charge in [0, 0.05) is 24.9 Å². The Morgan fingerprint density at radius 2 is 1.85 bits per heavy atom. The largest absolute Gasteiger partial charge is 0.459 e. The topological polar surface area (TPSA) is 119 Å². The molecule has 1 fully saturated rings. The minimum Gasteiger partial charge on any atom is -0.459 e. The van der Waals surface area contributed by atoms with Crippen LogP contribution in [-0.2, 0) is 25.7 Å². The van der Waals surface area contributed by atoms with Crippen LogP contribution < -0.4 is 5.32 Å². The number of carbonyl (C=O) groups excluding carboxylic acids is 3. The van der Waals surface area contributed by atoms with Gasteiger partial charge in [-0.3, -0.25) is 19.7 Å². The third-order valence-electron chi connectivity index (χ3n) is 5.12. The number of nitro benzene ring substituents is 1. The fourth-order valence-electron chi connectivity index (χ4n) is 3.27. The van der Waals surface area contributed by atoms with E-state index >= 15 is 0 Å². The molecule has 4 rings (SSSR count). The van der Waals surface area contributed by atoms with Gasteiger partial charge in [-0.2, -0.15) is 0 Å². The predicted molar refractivity (Wildman–Crippen MR) is 126 cm³/mol. The quantitative estimate of drug-likeness (QED) is 0.0952. The average molecular weight is 506 g/mol. The van der Waals surface area contributed by atoms with Crippen LogP contribution in [0.2, 0.25) is 0 Å². The Labute approximate surface area is 205 Å². The van der Waals surface area contributed by atoms with E-state index in [1.54, 1.807) is 0 Å². The predicted octanol–water partition coefficient (Wildman–Crippen LogP) is 3.38. The summed E-state index contributed by atoms with van der Waals surface area (Å²) >= 11 is 11.9. The van der Waals surface area contributed by atoms with Crippen molar-refractivity contribution in [1.82, 2.24) is 10.2 Å². The lowest BCUT2D eigenvalue weighted by atomic mass is 9.99. The lowest BCUT2D eigenvalue weighted by Gasteiger charge is -2.47. The van der Waals surface area contributed by atoms with Gasteiger partial charge in [0.15, 0.2) is 6.04 Å². The van der Waals surface area contributed by atoms with Crippen LogP contribution in [0.25, 0.3) is 11.1 Å². The third kappa shape index (κ3) is 5.73. The molecule has 34 heavy (non-hydrogen) atoms. The molecule has 2 aliphatic carbocycles. The second-order valence-electron chi connectivity index (χ2n) is 7.60. The van der Waals surface area contributed by atoms with Crippen molar-refractivity contribution < 1.29 is 24.0 Å². The molecule has 11 heteroatoms. The van der Waals surface area contributed by atoms with Crippen molar-refractivity contribution >= 4 is 46.7 Å². The maximum atomic E-state index is 12.6. The Hall–Kier alpha value is -3.43. The first-order valence-corrected chi connectivity index (χ1v) is 11.1. The molecular weight excluding hydrogens is 485 g/mol. The Bertz CT molecular complexity index is 1120. The number of rotatable bonds is 8. The Balaban J connectivity index is 0.000000457. The van der Waals surface area contributed by atoms with E-state index < -0.39 is 40.3 Å². The van der Waals surface area contributed by atoms with E-state index in [4.69, 9.17) is 27.9 Å². The highest BCUT2D eigenvalue weighted by Gasteiger charge is 2.52. The first-order chi connectivity index (χ1) is 16.1. The Morgan fingerprint density at radius 1 is 1.24 bits per heavy atom. The fourth-order valence-corrected chi connectivity index (χ4v) is 3.80. The minimum absolute atomic E-state index is 0.0939. The summed E-state index contributed by atoms with van der Waals surface area (Å²) in [6.45, 7) is 4.76. The summed E-state index contributed by atoms with van der Waals surface area (Å²) in [5.74, 6) is -1.91. The number of halogens is 2. The molecule has 0 spiro atoms. The summed E-state index contributed by atoms with van der Waals surface area (Å²) in [7, 11) is 0. The first kappa shape index (κ1) is 25.2. The van der Waals surface area contributed by atoms with E-state index in [0.717, 1.165) is 4.90 Å². The SMILES string of the molecule is C=C(CCl)C(C(=O)OCc1ccc([N+](=O)[O-])cc1)N1C(=O)C(NC(C)=O)C1Cl.c1cc2cc-2c1. The molecule has 9 nitrogen and oxygen atoms in total. The van der Waals surface area contributed by atoms with Gasteiger partial charge < -0.3 is 15.0 Å². The second kappa shape index (κ2) is 10.7. The Morgan fingerprint density at radius 3 is 2.26 bits per heavy atom. The van der Waals surface area contributed by atoms with Gasteiger partial charge >= 0.3 is 5.97 Å². The van der Waals surface area contributed by atoms with Crippen LogP contribution in [-0.4, -0.2) is 51.1 Å². The van der Waals surface area contributed by atoms with Crippen molar-refractivity contribution in [3.05, 3.63) is 76.4 Å². The number of nitro groups is 1. The summed E-state index contributed by atoms with van der Waals surface area (Å²) in [5.41, 5.74) is 2.51. The molecule has 1 saturated heterocycles. The highest BCUT2D eigenvalue weighted by atomic mass is 35.5. The second-order valence-corrected chi connectivity index (χ2v) is 8.32. The minimum atomic E-state index is -1.21. The van der Waals surface area contributed by atoms with Crippen molar-refractivity contribution in [2.24, 2.45) is 0 Å². The van der Waals surface area contributed by atoms with E-state index in [2.05, 4.69) is 36.2 Å². The smallest absolute Gasteiger partial charge is 0.333 e. The van der Waals surface area contributed by atoms with Crippen molar-refractivity contribution in [2.45, 2.75) is 31.1 Å². The number of esters is 1. The molecule has 3 unspecified atom stereocenters. The molecule has 3 aliphatic rings. The number of nitrogens with zero attached hydrogens (tertiary/aromatic N) is 2. The molecule has 1 aromatic rings. The average Bonchev–Trinajstić information content (AvgIpc) is 3.43. The third-order valence-corrected chi connectivity index (χ3v) is 5.93. The molecule has 178 valence electrons. The molecule has 2 amide bonds. The number of β-lactam (4-membered cyclic amide) rings is 1. The van der Waals surface area contributed by atoms with E-state index in [-0.39, 0.29) is 23.7 Å². The van der Waals surface area contributed by atoms with Gasteiger partial charge in [-0.15, -0.1) is 11.6 Å². The lowest BCUT2D eigenvalue weighted by molar-refractivity contribution is -0.384. The molecule has 1 N–H and O–H groups in total. The van der Waals surface area contributed by atoms with Crippen molar-refractivity contribution in [2.75, 3.05) is 5.88 Å². The van der Waals surface area contributed by atoms with E-state index in [1.807, 2.05) is 0 Å². The summed E-state index contributed by atoms with van der Waals surface area (Å²) in [6, 6.07) is 11.8. The van der Waals surface area contributed by atoms with E-state index in [1.165, 1.54) is 42.3 Å². The normalized spacial score (nSPS) is 18.0. The molecule has 0 radical (unpaired) electrons. The fraction of sp³-hybridized carbons (Fsp3) is 0.261. The zero-order valence-electron chi connectivity index (χ0n) is 18.1. The molecule has 3 atom stereocenters. The molecule has 1 aromatic carbocycles. The monoisotopic (exact) mass is 505 g/mol. The van der Waals surface area contributed by atoms with Gasteiger partial charge in [-0.1, -0.05) is 36.4 Å². The van der Waals surface area contributed by atoms with Crippen molar-refractivity contribution in [3.63, 3.8) is 0 Å². The molecular formula is C23H21Cl2N3O6. The van der Waals surface area contributed by atoms with Crippen LogP contribution in [0.3, 0.4) is 0 Å². The number of nitrogens with one attached hydrogen (secondary N) is 1. The van der Waals surface area contributed by atoms with Crippen LogP contribution in [0, 0.1) is 10.1 Å². The number of benzene rings is 2. The number of hydrogen-bond acceptors (Lipinski definition) is 6. The highest BCUT2D eigenvalue weighted by molar-refractivity contribution is 6.27. The summed E-state index contributed by atoms with van der Waals surface area (Å²) < 4.78 is 5.22. The van der Waals surface area contributed by atoms with E-state index in [0.29, 0.717) is 5.56 Å². The Kier molecular flexibility index (Phi) is 7.90. The van der Waals surface area contributed by atoms with E-state index in [9.17, 15) is 24.5 Å². The van der Waals surface area contributed by atoms with Crippen LogP contribution in [0.1, 0.15) is 12.5 Å². The summed E-state index contributed by atoms with van der Waals surface area (Å²) in [5, 5.41) is 13.1. The van der Waals surface area contributed by atoms with Gasteiger partial charge in [-0.25, -0.2) is 4.79 Å². The van der Waals surface area contributed by atoms with Crippen molar-refractivity contribution in [1.29, 1.82) is 0 Å². The molecule has 0 aromatic heterocycles. The van der Waals surface area contributed by atoms with Gasteiger partial charge in [0.05, 0.1) is 4.92 Å². The maximum Gasteiger partial charge on any atom is 0.333 e. The van der Waals surface area contributed by atoms with Crippen LogP contribution in [0.4, 0.5) is 5.69 Å². The van der Waals surface area contributed by atoms with Crippen LogP contribution in [0.5, 0.6) is 0 Å². The number of alkyl halides is 2. The highest BCUT2D eigenvalue weighted by Crippen LogP contribution is 2.33. The summed E-state index contributed by atoms with van der Waals surface area (Å²) in [4.78, 5) is 47.2. The number of amides is 2. The molecule has 0 saturated carbocycles. The maximum absolute atomic E-state index is 12.6. The number of carbonyl (C=O) groups is 3. The van der Waals surface area contributed by atoms with Gasteiger partial charge in [0.25, 0.3) is 11.6 Å². The van der Waals surface area contributed by atoms with Crippen LogP contribution >= 0.6 is 23.2 Å². The van der Waals surface area contributed by atoms with Gasteiger partial charge in [-0.05, 0) is 40.5 Å². The van der Waals surface area contributed by atoms with Crippen molar-refractivity contribution in [3.8, 4) is 11.1 Å². The lowest BCUT2D eigenvalue weighted by Crippen LogP contribution is -2.72. The zero-order chi connectivity index (χ0) is 25.0. The number of hydrogen-bond donors (Lipinski definition) is 1. The molecule has 0 bridgehead atoms. The number of ether oxygens (including phenoxy) is 1. The standard InChI is InChI=1S/C17H17Cl2N3O6.C6H4/c1-9(7-18)14(21-15(19)13(16(21)24)20-10(2)23)17(25)28-8-11-3-5-12(6-4-11)22(26)27;1-2-5-4-6(5)3-1/h3-6,13-15H,1,7-8H2,2H3,(H,20,23);1-4H. The first-order valence-electron chi connectivity index (χ1n) is 10.1. The molecule has 1 aliphatic heterocycles. The summed E-state index contributed by atoms with van der Waals surface area (Å²) in [6.07, 6.45) is 0. The number of non-ortho nitro benzene ring substituents is 1. The van der Waals surface area contributed by atoms with Crippen LogP contribution in [0.15, 0.2) is 60.7 Å². The number of fused-ring (bicyclic) bond motifs is 1. The number of likely N-dealkylation sites (tertiary alicyclic amines) is 1. The zero-order valence-corrected chi connectivity index (χ0v) is 19.6. The molecule has 1 heterocycles. The van der Waals surface area contributed by atoms with Gasteiger partial charge in [0.2, 0.25) is 5.91 Å². The van der Waals surface area contributed by atoms with Gasteiger partial charge in [0.1, 0.15) is 18.1 Å².